The number of oxazole rings is 1. The van der Waals surface area contributed by atoms with Crippen molar-refractivity contribution in [3.63, 3.8) is 0 Å². The van der Waals surface area contributed by atoms with E-state index in [9.17, 15) is 9.59 Å². The van der Waals surface area contributed by atoms with Crippen LogP contribution in [0.5, 0.6) is 0 Å². The number of alkyl carbamates (subject to hydrolysis) is 1. The van der Waals surface area contributed by atoms with Crippen LogP contribution in [0.2, 0.25) is 0 Å². The number of aromatic nitrogens is 1. The largest absolute Gasteiger partial charge is 0.453 e. The van der Waals surface area contributed by atoms with Gasteiger partial charge >= 0.3 is 11.8 Å². The average Bonchev–Trinajstić information content (AvgIpc) is 2.62. The predicted molar refractivity (Wildman–Crippen MR) is 60.7 cm³/mol. The highest BCUT2D eigenvalue weighted by Crippen LogP contribution is 2.13. The van der Waals surface area contributed by atoms with Crippen LogP contribution in [-0.2, 0) is 18.3 Å². The molecule has 17 heavy (non-hydrogen) atoms. The van der Waals surface area contributed by atoms with Gasteiger partial charge in [0.1, 0.15) is 0 Å². The molecule has 0 atom stereocenters. The van der Waals surface area contributed by atoms with E-state index in [1.807, 2.05) is 0 Å². The van der Waals surface area contributed by atoms with E-state index in [1.54, 1.807) is 25.2 Å². The van der Waals surface area contributed by atoms with Crippen molar-refractivity contribution >= 4 is 17.2 Å². The van der Waals surface area contributed by atoms with Gasteiger partial charge in [-0.05, 0) is 17.7 Å². The summed E-state index contributed by atoms with van der Waals surface area (Å²) in [4.78, 5) is 22.2. The third-order valence-electron chi connectivity index (χ3n) is 2.48. The number of amides is 1. The Morgan fingerprint density at radius 1 is 1.53 bits per heavy atom. The Bertz CT molecular complexity index is 611. The van der Waals surface area contributed by atoms with Gasteiger partial charge in [-0.3, -0.25) is 4.57 Å². The lowest BCUT2D eigenvalue weighted by atomic mass is 10.2. The summed E-state index contributed by atoms with van der Waals surface area (Å²) >= 11 is 0. The van der Waals surface area contributed by atoms with Crippen LogP contribution in [0.15, 0.2) is 27.4 Å². The number of methoxy groups -OCH3 is 1. The van der Waals surface area contributed by atoms with Crippen molar-refractivity contribution in [1.29, 1.82) is 0 Å². The monoisotopic (exact) mass is 236 g/mol. The van der Waals surface area contributed by atoms with E-state index in [4.69, 9.17) is 4.42 Å². The number of aryl methyl sites for hydroxylation is 1. The summed E-state index contributed by atoms with van der Waals surface area (Å²) in [5.41, 5.74) is 2.08. The maximum atomic E-state index is 11.3. The average molecular weight is 236 g/mol. The number of nitrogens with zero attached hydrogens (tertiary/aromatic N) is 1. The van der Waals surface area contributed by atoms with Crippen molar-refractivity contribution in [2.45, 2.75) is 6.54 Å². The molecule has 1 aromatic carbocycles. The molecule has 0 radical (unpaired) electrons. The molecule has 0 bridgehead atoms. The van der Waals surface area contributed by atoms with Gasteiger partial charge in [0.25, 0.3) is 0 Å². The zero-order chi connectivity index (χ0) is 12.4. The first-order valence-electron chi connectivity index (χ1n) is 5.02. The minimum Gasteiger partial charge on any atom is -0.453 e. The van der Waals surface area contributed by atoms with Gasteiger partial charge in [-0.15, -0.1) is 0 Å². The van der Waals surface area contributed by atoms with Gasteiger partial charge < -0.3 is 14.5 Å². The smallest absolute Gasteiger partial charge is 0.419 e. The van der Waals surface area contributed by atoms with Crippen LogP contribution >= 0.6 is 0 Å². The second-order valence-electron chi connectivity index (χ2n) is 3.57. The van der Waals surface area contributed by atoms with Crippen LogP contribution in [-0.4, -0.2) is 17.8 Å². The number of hydrogen-bond acceptors (Lipinski definition) is 4. The zero-order valence-corrected chi connectivity index (χ0v) is 9.52. The first-order valence-corrected chi connectivity index (χ1v) is 5.02. The Balaban J connectivity index is 2.28. The Labute approximate surface area is 96.8 Å². The lowest BCUT2D eigenvalue weighted by Gasteiger charge is -2.03. The predicted octanol–water partition coefficient (Wildman–Crippen LogP) is 0.987. The fourth-order valence-electron chi connectivity index (χ4n) is 1.53. The molecule has 0 aliphatic heterocycles. The minimum atomic E-state index is -0.494. The van der Waals surface area contributed by atoms with Crippen LogP contribution in [0.4, 0.5) is 4.79 Å². The van der Waals surface area contributed by atoms with Crippen molar-refractivity contribution in [2.75, 3.05) is 7.11 Å². The summed E-state index contributed by atoms with van der Waals surface area (Å²) in [6.07, 6.45) is -0.494. The number of benzene rings is 1. The Hall–Kier alpha value is -2.24. The van der Waals surface area contributed by atoms with E-state index < -0.39 is 11.8 Å². The van der Waals surface area contributed by atoms with Gasteiger partial charge in [0, 0.05) is 13.6 Å². The number of fused-ring (bicyclic) bond motifs is 1. The fourth-order valence-corrected chi connectivity index (χ4v) is 1.53. The molecule has 1 amide bonds. The van der Waals surface area contributed by atoms with E-state index in [2.05, 4.69) is 10.1 Å². The van der Waals surface area contributed by atoms with E-state index in [1.165, 1.54) is 11.7 Å². The molecule has 1 N–H and O–H groups in total. The zero-order valence-electron chi connectivity index (χ0n) is 9.52. The number of hydrogen-bond donors (Lipinski definition) is 1. The highest BCUT2D eigenvalue weighted by atomic mass is 16.5. The molecule has 0 aliphatic carbocycles. The van der Waals surface area contributed by atoms with E-state index in [0.29, 0.717) is 17.6 Å². The molecule has 90 valence electrons. The summed E-state index contributed by atoms with van der Waals surface area (Å²) in [6, 6.07) is 5.27. The van der Waals surface area contributed by atoms with Gasteiger partial charge in [-0.25, -0.2) is 9.59 Å². The lowest BCUT2D eigenvalue weighted by molar-refractivity contribution is 0.170. The minimum absolute atomic E-state index is 0.335. The molecule has 0 saturated carbocycles. The SMILES string of the molecule is COC(=O)NCc1ccc2oc(=O)n(C)c2c1. The van der Waals surface area contributed by atoms with Gasteiger partial charge in [0.15, 0.2) is 5.58 Å². The van der Waals surface area contributed by atoms with Crippen LogP contribution in [0, 0.1) is 0 Å². The van der Waals surface area contributed by atoms with Gasteiger partial charge in [-0.1, -0.05) is 6.07 Å². The molecule has 2 rings (SSSR count). The van der Waals surface area contributed by atoms with Gasteiger partial charge in [0.2, 0.25) is 0 Å². The highest BCUT2D eigenvalue weighted by Gasteiger charge is 2.07. The molecule has 0 fully saturated rings. The molecule has 2 aromatic rings. The van der Waals surface area contributed by atoms with Crippen LogP contribution in [0.1, 0.15) is 5.56 Å². The number of carbonyl (C=O) groups excluding carboxylic acids is 1. The van der Waals surface area contributed by atoms with Crippen molar-refractivity contribution in [2.24, 2.45) is 7.05 Å². The summed E-state index contributed by atoms with van der Waals surface area (Å²) in [5.74, 6) is -0.405. The lowest BCUT2D eigenvalue weighted by Crippen LogP contribution is -2.22. The van der Waals surface area contributed by atoms with Crippen molar-refractivity contribution < 1.29 is 13.9 Å². The van der Waals surface area contributed by atoms with Crippen LogP contribution in [0.25, 0.3) is 11.1 Å². The van der Waals surface area contributed by atoms with Crippen molar-refractivity contribution in [3.8, 4) is 0 Å². The number of rotatable bonds is 2. The van der Waals surface area contributed by atoms with Crippen molar-refractivity contribution in [1.82, 2.24) is 9.88 Å². The molecule has 6 nitrogen and oxygen atoms in total. The summed E-state index contributed by atoms with van der Waals surface area (Å²) in [7, 11) is 2.93. The van der Waals surface area contributed by atoms with E-state index in [-0.39, 0.29) is 0 Å². The molecule has 6 heteroatoms. The third-order valence-corrected chi connectivity index (χ3v) is 2.48. The first-order chi connectivity index (χ1) is 8.11. The quantitative estimate of drug-likeness (QED) is 0.843. The van der Waals surface area contributed by atoms with Gasteiger partial charge in [0.05, 0.1) is 12.6 Å². The standard InChI is InChI=1S/C11H12N2O4/c1-13-8-5-7(6-12-10(14)16-2)3-4-9(8)17-11(13)15/h3-5H,6H2,1-2H3,(H,12,14). The summed E-state index contributed by atoms with van der Waals surface area (Å²) in [6.45, 7) is 0.335. The van der Waals surface area contributed by atoms with E-state index >= 15 is 0 Å². The molecular weight excluding hydrogens is 224 g/mol. The molecule has 0 saturated heterocycles. The summed E-state index contributed by atoms with van der Waals surface area (Å²) in [5, 5.41) is 2.56. The summed E-state index contributed by atoms with van der Waals surface area (Å²) < 4.78 is 10.9. The molecular formula is C11H12N2O4. The Morgan fingerprint density at radius 3 is 3.00 bits per heavy atom. The second-order valence-corrected chi connectivity index (χ2v) is 3.57. The highest BCUT2D eigenvalue weighted by molar-refractivity contribution is 5.74. The second kappa shape index (κ2) is 4.32. The Kier molecular flexibility index (Phi) is 2.86. The normalized spacial score (nSPS) is 10.5. The molecule has 0 unspecified atom stereocenters. The fraction of sp³-hybridized carbons (Fsp3) is 0.273. The number of nitrogens with one attached hydrogen (secondary N) is 1. The molecule has 1 heterocycles. The van der Waals surface area contributed by atoms with Gasteiger partial charge in [-0.2, -0.15) is 0 Å². The van der Waals surface area contributed by atoms with E-state index in [0.717, 1.165) is 5.56 Å². The third kappa shape index (κ3) is 2.15. The first kappa shape index (κ1) is 11.3. The van der Waals surface area contributed by atoms with Crippen molar-refractivity contribution in [3.05, 3.63) is 34.3 Å². The number of carbonyl (C=O) groups is 1. The number of ether oxygens (including phenoxy) is 1. The molecule has 1 aromatic heterocycles. The van der Waals surface area contributed by atoms with Crippen LogP contribution < -0.4 is 11.1 Å². The maximum absolute atomic E-state index is 11.3. The maximum Gasteiger partial charge on any atom is 0.419 e. The topological polar surface area (TPSA) is 73.5 Å². The van der Waals surface area contributed by atoms with Crippen LogP contribution in [0.3, 0.4) is 0 Å². The Morgan fingerprint density at radius 2 is 2.29 bits per heavy atom. The molecule has 0 aliphatic rings. The molecule has 0 spiro atoms.